The summed E-state index contributed by atoms with van der Waals surface area (Å²) in [7, 11) is 0. The summed E-state index contributed by atoms with van der Waals surface area (Å²) in [5.41, 5.74) is 2.83. The normalized spacial score (nSPS) is 24.7. The molecule has 0 saturated heterocycles. The van der Waals surface area contributed by atoms with Crippen LogP contribution in [0.5, 0.6) is 0 Å². The number of fused-ring (bicyclic) bond motifs is 1. The van der Waals surface area contributed by atoms with Gasteiger partial charge in [0.15, 0.2) is 0 Å². The van der Waals surface area contributed by atoms with Crippen molar-refractivity contribution in [3.63, 3.8) is 0 Å². The molecule has 3 heteroatoms. The molecule has 1 aliphatic rings. The second-order valence-electron chi connectivity index (χ2n) is 3.80. The highest BCUT2D eigenvalue weighted by atomic mass is 16.4. The molecule has 1 aliphatic carbocycles. The Labute approximate surface area is 82.0 Å². The fourth-order valence-corrected chi connectivity index (χ4v) is 1.99. The Morgan fingerprint density at radius 3 is 2.86 bits per heavy atom. The summed E-state index contributed by atoms with van der Waals surface area (Å²) in [4.78, 5) is 10.8. The molecule has 0 saturated carbocycles. The lowest BCUT2D eigenvalue weighted by molar-refractivity contribution is -0.145. The van der Waals surface area contributed by atoms with Crippen molar-refractivity contribution in [3.8, 4) is 0 Å². The van der Waals surface area contributed by atoms with Gasteiger partial charge in [-0.3, -0.25) is 4.79 Å². The summed E-state index contributed by atoms with van der Waals surface area (Å²) in [6, 6.07) is 5.66. The number of carboxylic acid groups (broad SMARTS) is 1. The number of aryl methyl sites for hydroxylation is 1. The van der Waals surface area contributed by atoms with Crippen LogP contribution in [0, 0.1) is 12.8 Å². The zero-order valence-electron chi connectivity index (χ0n) is 7.90. The SMILES string of the molecule is Cc1ccc2c(c1)CC(C(=O)O)C2O. The van der Waals surface area contributed by atoms with E-state index < -0.39 is 18.0 Å². The molecule has 0 fully saturated rings. The summed E-state index contributed by atoms with van der Waals surface area (Å²) in [5, 5.41) is 18.6. The molecule has 2 rings (SSSR count). The van der Waals surface area contributed by atoms with Crippen LogP contribution in [0.15, 0.2) is 18.2 Å². The zero-order chi connectivity index (χ0) is 10.3. The van der Waals surface area contributed by atoms with E-state index in [0.717, 1.165) is 16.7 Å². The highest BCUT2D eigenvalue weighted by Crippen LogP contribution is 2.36. The van der Waals surface area contributed by atoms with Crippen LogP contribution in [-0.2, 0) is 11.2 Å². The van der Waals surface area contributed by atoms with Gasteiger partial charge in [0.05, 0.1) is 12.0 Å². The van der Waals surface area contributed by atoms with Gasteiger partial charge in [-0.05, 0) is 24.5 Å². The maximum atomic E-state index is 10.8. The number of carbonyl (C=O) groups is 1. The Bertz CT molecular complexity index is 384. The zero-order valence-corrected chi connectivity index (χ0v) is 7.90. The molecule has 1 aromatic carbocycles. The molecule has 1 aromatic rings. The predicted octanol–water partition coefficient (Wildman–Crippen LogP) is 1.29. The van der Waals surface area contributed by atoms with Gasteiger partial charge in [-0.1, -0.05) is 23.8 Å². The summed E-state index contributed by atoms with van der Waals surface area (Å²) >= 11 is 0. The van der Waals surface area contributed by atoms with E-state index in [2.05, 4.69) is 0 Å². The monoisotopic (exact) mass is 192 g/mol. The van der Waals surface area contributed by atoms with E-state index in [1.165, 1.54) is 0 Å². The molecule has 0 aliphatic heterocycles. The minimum atomic E-state index is -0.925. The molecule has 74 valence electrons. The number of rotatable bonds is 1. The topological polar surface area (TPSA) is 57.5 Å². The molecule has 0 aromatic heterocycles. The van der Waals surface area contributed by atoms with Gasteiger partial charge in [0, 0.05) is 0 Å². The van der Waals surface area contributed by atoms with Crippen LogP contribution in [0.1, 0.15) is 22.8 Å². The second-order valence-corrected chi connectivity index (χ2v) is 3.80. The molecule has 0 bridgehead atoms. The van der Waals surface area contributed by atoms with Crippen LogP contribution >= 0.6 is 0 Å². The van der Waals surface area contributed by atoms with Crippen molar-refractivity contribution < 1.29 is 15.0 Å². The molecule has 0 amide bonds. The van der Waals surface area contributed by atoms with Gasteiger partial charge in [-0.2, -0.15) is 0 Å². The Morgan fingerprint density at radius 2 is 2.21 bits per heavy atom. The van der Waals surface area contributed by atoms with Crippen molar-refractivity contribution >= 4 is 5.97 Å². The van der Waals surface area contributed by atoms with Crippen LogP contribution < -0.4 is 0 Å². The van der Waals surface area contributed by atoms with Gasteiger partial charge in [0.1, 0.15) is 0 Å². The maximum Gasteiger partial charge on any atom is 0.309 e. The van der Waals surface area contributed by atoms with E-state index in [0.29, 0.717) is 6.42 Å². The fraction of sp³-hybridized carbons (Fsp3) is 0.364. The Hall–Kier alpha value is -1.35. The molecule has 0 heterocycles. The molecule has 2 unspecified atom stereocenters. The van der Waals surface area contributed by atoms with Crippen molar-refractivity contribution in [3.05, 3.63) is 34.9 Å². The predicted molar refractivity (Wildman–Crippen MR) is 51.0 cm³/mol. The number of aliphatic carboxylic acids is 1. The van der Waals surface area contributed by atoms with Crippen LogP contribution in [-0.4, -0.2) is 16.2 Å². The highest BCUT2D eigenvalue weighted by Gasteiger charge is 2.35. The largest absolute Gasteiger partial charge is 0.481 e. The van der Waals surface area contributed by atoms with E-state index in [-0.39, 0.29) is 0 Å². The number of hydrogen-bond acceptors (Lipinski definition) is 2. The number of benzene rings is 1. The number of hydrogen-bond donors (Lipinski definition) is 2. The van der Waals surface area contributed by atoms with E-state index in [4.69, 9.17) is 5.11 Å². The molecule has 0 radical (unpaired) electrons. The minimum Gasteiger partial charge on any atom is -0.481 e. The first-order valence-electron chi connectivity index (χ1n) is 4.60. The third-order valence-corrected chi connectivity index (χ3v) is 2.76. The van der Waals surface area contributed by atoms with Crippen molar-refractivity contribution in [2.24, 2.45) is 5.92 Å². The molecule has 3 nitrogen and oxygen atoms in total. The standard InChI is InChI=1S/C11H12O3/c1-6-2-3-8-7(4-6)5-9(10(8)12)11(13)14/h2-4,9-10,12H,5H2,1H3,(H,13,14). The molecule has 0 spiro atoms. The van der Waals surface area contributed by atoms with Crippen molar-refractivity contribution in [2.75, 3.05) is 0 Å². The van der Waals surface area contributed by atoms with Crippen LogP contribution in [0.3, 0.4) is 0 Å². The van der Waals surface area contributed by atoms with Crippen molar-refractivity contribution in [1.82, 2.24) is 0 Å². The van der Waals surface area contributed by atoms with E-state index in [9.17, 15) is 9.90 Å². The first-order chi connectivity index (χ1) is 6.59. The molecule has 2 atom stereocenters. The second kappa shape index (κ2) is 3.10. The van der Waals surface area contributed by atoms with E-state index in [1.807, 2.05) is 25.1 Å². The quantitative estimate of drug-likeness (QED) is 0.704. The molecule has 14 heavy (non-hydrogen) atoms. The smallest absolute Gasteiger partial charge is 0.309 e. The minimum absolute atomic E-state index is 0.438. The van der Waals surface area contributed by atoms with Gasteiger partial charge in [0.25, 0.3) is 0 Å². The van der Waals surface area contributed by atoms with Gasteiger partial charge in [-0.25, -0.2) is 0 Å². The average molecular weight is 192 g/mol. The number of aliphatic hydroxyl groups is 1. The Morgan fingerprint density at radius 1 is 1.50 bits per heavy atom. The number of aliphatic hydroxyl groups excluding tert-OH is 1. The number of carboxylic acids is 1. The third-order valence-electron chi connectivity index (χ3n) is 2.76. The summed E-state index contributed by atoms with van der Waals surface area (Å²) < 4.78 is 0. The van der Waals surface area contributed by atoms with E-state index >= 15 is 0 Å². The van der Waals surface area contributed by atoms with Crippen LogP contribution in [0.25, 0.3) is 0 Å². The lowest BCUT2D eigenvalue weighted by Gasteiger charge is -2.08. The van der Waals surface area contributed by atoms with Gasteiger partial charge < -0.3 is 10.2 Å². The first kappa shape index (κ1) is 9.21. The average Bonchev–Trinajstić information content (AvgIpc) is 2.43. The maximum absolute atomic E-state index is 10.8. The highest BCUT2D eigenvalue weighted by molar-refractivity contribution is 5.73. The summed E-state index contributed by atoms with van der Waals surface area (Å²) in [5.74, 6) is -1.60. The molecular formula is C11H12O3. The lowest BCUT2D eigenvalue weighted by atomic mass is 10.0. The van der Waals surface area contributed by atoms with Crippen molar-refractivity contribution in [1.29, 1.82) is 0 Å². The lowest BCUT2D eigenvalue weighted by Crippen LogP contribution is -2.17. The third kappa shape index (κ3) is 1.30. The molecule has 2 N–H and O–H groups in total. The Balaban J connectivity index is 2.40. The van der Waals surface area contributed by atoms with E-state index in [1.54, 1.807) is 0 Å². The van der Waals surface area contributed by atoms with Crippen LogP contribution in [0.2, 0.25) is 0 Å². The van der Waals surface area contributed by atoms with Crippen molar-refractivity contribution in [2.45, 2.75) is 19.4 Å². The Kier molecular flexibility index (Phi) is 2.04. The van der Waals surface area contributed by atoms with Gasteiger partial charge in [-0.15, -0.1) is 0 Å². The van der Waals surface area contributed by atoms with Crippen LogP contribution in [0.4, 0.5) is 0 Å². The fourth-order valence-electron chi connectivity index (χ4n) is 1.99. The van der Waals surface area contributed by atoms with Gasteiger partial charge in [0.2, 0.25) is 0 Å². The summed E-state index contributed by atoms with van der Waals surface area (Å²) in [6.07, 6.45) is -0.406. The summed E-state index contributed by atoms with van der Waals surface area (Å²) in [6.45, 7) is 1.96. The van der Waals surface area contributed by atoms with Gasteiger partial charge >= 0.3 is 5.97 Å². The first-order valence-corrected chi connectivity index (χ1v) is 4.60. The molecular weight excluding hydrogens is 180 g/mol.